The molecule has 0 bridgehead atoms. The van der Waals surface area contributed by atoms with E-state index in [1.54, 1.807) is 0 Å². The van der Waals surface area contributed by atoms with E-state index >= 15 is 0 Å². The number of aromatic nitrogens is 4. The van der Waals surface area contributed by atoms with Crippen molar-refractivity contribution in [3.05, 3.63) is 28.0 Å². The van der Waals surface area contributed by atoms with Gasteiger partial charge < -0.3 is 0 Å². The fraction of sp³-hybridized carbons (Fsp3) is 0. The van der Waals surface area contributed by atoms with E-state index in [0.29, 0.717) is 0 Å². The Balaban J connectivity index is 2.99. The molecule has 0 unspecified atom stereocenters. The number of nitrogens with zero attached hydrogens (tertiary/aromatic N) is 3. The topological polar surface area (TPSA) is 71.5 Å². The molecular weight excluding hydrogens is 180 g/mol. The van der Waals surface area contributed by atoms with Gasteiger partial charge in [-0.3, -0.25) is 9.78 Å². The lowest BCUT2D eigenvalue weighted by Crippen LogP contribution is -2.09. The van der Waals surface area contributed by atoms with Crippen LogP contribution in [-0.4, -0.2) is 19.9 Å². The van der Waals surface area contributed by atoms with E-state index in [4.69, 9.17) is 11.6 Å². The van der Waals surface area contributed by atoms with E-state index in [0.717, 1.165) is 0 Å². The molecule has 0 aromatic carbocycles. The number of hydrogen-bond donors (Lipinski definition) is 1. The molecule has 2 aromatic rings. The lowest BCUT2D eigenvalue weighted by atomic mass is 10.5. The highest BCUT2D eigenvalue weighted by atomic mass is 35.5. The molecular formula is C6H3ClN4O. The molecule has 0 saturated heterocycles. The summed E-state index contributed by atoms with van der Waals surface area (Å²) in [6, 6.07) is 0. The van der Waals surface area contributed by atoms with Crippen molar-refractivity contribution < 1.29 is 0 Å². The molecule has 60 valence electrons. The molecule has 12 heavy (non-hydrogen) atoms. The van der Waals surface area contributed by atoms with Crippen molar-refractivity contribution >= 4 is 22.8 Å². The Labute approximate surface area is 71.5 Å². The van der Waals surface area contributed by atoms with E-state index in [-0.39, 0.29) is 22.0 Å². The summed E-state index contributed by atoms with van der Waals surface area (Å²) in [5, 5.41) is 0.0213. The number of nitrogens with one attached hydrogen (secondary N) is 1. The Kier molecular flexibility index (Phi) is 1.51. The van der Waals surface area contributed by atoms with Crippen molar-refractivity contribution in [3.63, 3.8) is 0 Å². The third kappa shape index (κ3) is 1.04. The molecule has 0 aliphatic heterocycles. The Morgan fingerprint density at radius 3 is 2.92 bits per heavy atom. The average Bonchev–Trinajstić information content (AvgIpc) is 2.04. The maximum absolute atomic E-state index is 11.1. The van der Waals surface area contributed by atoms with Crippen LogP contribution in [0.2, 0.25) is 5.28 Å². The van der Waals surface area contributed by atoms with Gasteiger partial charge >= 0.3 is 0 Å². The molecule has 5 nitrogen and oxygen atoms in total. The zero-order valence-corrected chi connectivity index (χ0v) is 6.54. The maximum atomic E-state index is 11.1. The first-order valence-electron chi connectivity index (χ1n) is 3.14. The highest BCUT2D eigenvalue weighted by Crippen LogP contribution is 2.01. The number of rotatable bonds is 0. The van der Waals surface area contributed by atoms with Crippen molar-refractivity contribution in [1.82, 2.24) is 19.9 Å². The number of halogens is 1. The number of aromatic amines is 1. The van der Waals surface area contributed by atoms with Gasteiger partial charge in [-0.25, -0.2) is 9.97 Å². The summed E-state index contributed by atoms with van der Waals surface area (Å²) in [7, 11) is 0. The largest absolute Gasteiger partial charge is 0.295 e. The standard InChI is InChI=1S/C6H3ClN4O/c7-6-10-4-3(5(12)11-6)8-1-2-9-4/h1-2H,(H,9,10,11,12). The SMILES string of the molecule is O=c1[nH]c(Cl)nc2nccnc12. The van der Waals surface area contributed by atoms with Crippen LogP contribution in [0.15, 0.2) is 17.2 Å². The van der Waals surface area contributed by atoms with Gasteiger partial charge in [-0.05, 0) is 11.6 Å². The molecule has 0 saturated carbocycles. The zero-order valence-electron chi connectivity index (χ0n) is 5.78. The smallest absolute Gasteiger partial charge is 0.280 e. The van der Waals surface area contributed by atoms with Crippen molar-refractivity contribution in [1.29, 1.82) is 0 Å². The molecule has 2 heterocycles. The van der Waals surface area contributed by atoms with E-state index in [1.807, 2.05) is 0 Å². The molecule has 1 N–H and O–H groups in total. The van der Waals surface area contributed by atoms with Crippen LogP contribution in [0.3, 0.4) is 0 Å². The monoisotopic (exact) mass is 182 g/mol. The summed E-state index contributed by atoms with van der Waals surface area (Å²) in [6.45, 7) is 0. The maximum Gasteiger partial charge on any atom is 0.280 e. The summed E-state index contributed by atoms with van der Waals surface area (Å²) >= 11 is 5.49. The molecule has 0 amide bonds. The number of fused-ring (bicyclic) bond motifs is 1. The van der Waals surface area contributed by atoms with Gasteiger partial charge in [-0.1, -0.05) is 0 Å². The van der Waals surface area contributed by atoms with Crippen LogP contribution in [0.4, 0.5) is 0 Å². The first kappa shape index (κ1) is 7.17. The summed E-state index contributed by atoms with van der Waals surface area (Å²) in [5.74, 6) is 0. The van der Waals surface area contributed by atoms with Gasteiger partial charge in [-0.15, -0.1) is 0 Å². The molecule has 0 radical (unpaired) electrons. The summed E-state index contributed by atoms with van der Waals surface area (Å²) in [6.07, 6.45) is 2.87. The predicted molar refractivity (Wildman–Crippen MR) is 43.0 cm³/mol. The van der Waals surface area contributed by atoms with Gasteiger partial charge in [0.1, 0.15) is 0 Å². The van der Waals surface area contributed by atoms with Gasteiger partial charge in [0.15, 0.2) is 11.2 Å². The van der Waals surface area contributed by atoms with Crippen molar-refractivity contribution in [2.24, 2.45) is 0 Å². The van der Waals surface area contributed by atoms with E-state index in [9.17, 15) is 4.79 Å². The Morgan fingerprint density at radius 1 is 1.33 bits per heavy atom. The third-order valence-corrected chi connectivity index (χ3v) is 1.49. The summed E-state index contributed by atoms with van der Waals surface area (Å²) < 4.78 is 0. The van der Waals surface area contributed by atoms with Gasteiger partial charge in [0.2, 0.25) is 5.28 Å². The fourth-order valence-electron chi connectivity index (χ4n) is 0.846. The van der Waals surface area contributed by atoms with Gasteiger partial charge in [0.05, 0.1) is 0 Å². The molecule has 6 heteroatoms. The minimum absolute atomic E-state index is 0.0213. The number of hydrogen-bond acceptors (Lipinski definition) is 4. The van der Waals surface area contributed by atoms with Crippen LogP contribution in [-0.2, 0) is 0 Å². The second-order valence-corrected chi connectivity index (χ2v) is 2.44. The molecule has 2 rings (SSSR count). The van der Waals surface area contributed by atoms with Crippen molar-refractivity contribution in [2.75, 3.05) is 0 Å². The van der Waals surface area contributed by atoms with Gasteiger partial charge in [0, 0.05) is 12.4 Å². The van der Waals surface area contributed by atoms with Crippen LogP contribution in [0.25, 0.3) is 11.2 Å². The van der Waals surface area contributed by atoms with E-state index in [1.165, 1.54) is 12.4 Å². The van der Waals surface area contributed by atoms with Crippen LogP contribution < -0.4 is 5.56 Å². The Morgan fingerprint density at radius 2 is 2.08 bits per heavy atom. The number of H-pyrrole nitrogens is 1. The highest BCUT2D eigenvalue weighted by Gasteiger charge is 2.02. The van der Waals surface area contributed by atoms with Gasteiger partial charge in [-0.2, -0.15) is 4.98 Å². The van der Waals surface area contributed by atoms with E-state index in [2.05, 4.69) is 19.9 Å². The van der Waals surface area contributed by atoms with Crippen LogP contribution in [0.1, 0.15) is 0 Å². The normalized spacial score (nSPS) is 10.4. The molecule has 0 atom stereocenters. The molecule has 0 aliphatic rings. The summed E-state index contributed by atoms with van der Waals surface area (Å²) in [4.78, 5) is 24.8. The Hall–Kier alpha value is -1.49. The zero-order chi connectivity index (χ0) is 8.55. The molecule has 0 fully saturated rings. The molecule has 0 aliphatic carbocycles. The predicted octanol–water partition coefficient (Wildman–Crippen LogP) is 0.366. The van der Waals surface area contributed by atoms with Crippen LogP contribution in [0, 0.1) is 0 Å². The molecule has 0 spiro atoms. The second-order valence-electron chi connectivity index (χ2n) is 2.09. The van der Waals surface area contributed by atoms with Crippen LogP contribution in [0.5, 0.6) is 0 Å². The lowest BCUT2D eigenvalue weighted by molar-refractivity contribution is 1.11. The van der Waals surface area contributed by atoms with Gasteiger partial charge in [0.25, 0.3) is 5.56 Å². The third-order valence-electron chi connectivity index (χ3n) is 1.31. The summed E-state index contributed by atoms with van der Waals surface area (Å²) in [5.41, 5.74) is 0.0752. The minimum atomic E-state index is -0.377. The second kappa shape index (κ2) is 2.53. The Bertz CT molecular complexity index is 480. The first-order chi connectivity index (χ1) is 5.77. The molecule has 2 aromatic heterocycles. The quantitative estimate of drug-likeness (QED) is 0.598. The van der Waals surface area contributed by atoms with Crippen LogP contribution >= 0.6 is 11.6 Å². The van der Waals surface area contributed by atoms with Crippen molar-refractivity contribution in [3.8, 4) is 0 Å². The lowest BCUT2D eigenvalue weighted by Gasteiger charge is -1.92. The fourth-order valence-corrected chi connectivity index (χ4v) is 1.01. The van der Waals surface area contributed by atoms with Crippen molar-refractivity contribution in [2.45, 2.75) is 0 Å². The first-order valence-corrected chi connectivity index (χ1v) is 3.52. The highest BCUT2D eigenvalue weighted by molar-refractivity contribution is 6.28. The minimum Gasteiger partial charge on any atom is -0.295 e. The van der Waals surface area contributed by atoms with E-state index < -0.39 is 0 Å². The average molecular weight is 183 g/mol.